The minimum Gasteiger partial charge on any atom is -0.461 e. The number of aliphatic hydroxyl groups excluding tert-OH is 1. The Morgan fingerprint density at radius 2 is 1.97 bits per heavy atom. The lowest BCUT2D eigenvalue weighted by atomic mass is 9.81. The summed E-state index contributed by atoms with van der Waals surface area (Å²) in [5, 5.41) is 11.3. The first-order chi connectivity index (χ1) is 14.9. The maximum Gasteiger partial charge on any atom is 0.338 e. The molecule has 3 aliphatic heterocycles. The van der Waals surface area contributed by atoms with Crippen LogP contribution in [0.5, 0.6) is 0 Å². The highest BCUT2D eigenvalue weighted by Crippen LogP contribution is 2.50. The molecule has 3 aliphatic rings. The monoisotopic (exact) mass is 452 g/mol. The first-order valence-corrected chi connectivity index (χ1v) is 10.9. The highest BCUT2D eigenvalue weighted by atomic mass is 16.7. The van der Waals surface area contributed by atoms with E-state index in [4.69, 9.17) is 23.7 Å². The molecular weight excluding hydrogens is 420 g/mol. The number of hydrogen-bond donors (Lipinski definition) is 1. The third kappa shape index (κ3) is 4.33. The second-order valence-electron chi connectivity index (χ2n) is 8.96. The van der Waals surface area contributed by atoms with Crippen molar-refractivity contribution in [1.82, 2.24) is 0 Å². The minimum atomic E-state index is -1.25. The first-order valence-electron chi connectivity index (χ1n) is 10.9. The van der Waals surface area contributed by atoms with Crippen molar-refractivity contribution in [2.75, 3.05) is 13.2 Å². The fourth-order valence-corrected chi connectivity index (χ4v) is 4.72. The lowest BCUT2D eigenvalue weighted by Crippen LogP contribution is -2.50. The van der Waals surface area contributed by atoms with E-state index in [1.165, 1.54) is 13.8 Å². The fraction of sp³-hybridized carbons (Fsp3) is 0.696. The molecule has 0 saturated carbocycles. The number of ether oxygens (including phenoxy) is 5. The van der Waals surface area contributed by atoms with Gasteiger partial charge in [0.2, 0.25) is 0 Å². The number of fused-ring (bicyclic) bond motifs is 3. The van der Waals surface area contributed by atoms with Gasteiger partial charge in [-0.25, -0.2) is 9.59 Å². The molecule has 6 atom stereocenters. The third-order valence-electron chi connectivity index (χ3n) is 6.50. The van der Waals surface area contributed by atoms with Crippen LogP contribution in [0.25, 0.3) is 0 Å². The van der Waals surface area contributed by atoms with E-state index in [1.807, 2.05) is 13.8 Å². The van der Waals surface area contributed by atoms with E-state index < -0.39 is 47.6 Å². The molecule has 3 rings (SSSR count). The number of rotatable bonds is 6. The van der Waals surface area contributed by atoms with Gasteiger partial charge in [-0.05, 0) is 33.6 Å². The highest BCUT2D eigenvalue weighted by molar-refractivity contribution is 5.94. The summed E-state index contributed by atoms with van der Waals surface area (Å²) in [4.78, 5) is 36.6. The minimum absolute atomic E-state index is 0.0581. The maximum absolute atomic E-state index is 12.7. The molecular formula is C23H32O9. The lowest BCUT2D eigenvalue weighted by molar-refractivity contribution is -0.289. The molecule has 0 radical (unpaired) electrons. The van der Waals surface area contributed by atoms with Crippen molar-refractivity contribution < 1.29 is 43.2 Å². The van der Waals surface area contributed by atoms with E-state index in [0.717, 1.165) is 0 Å². The molecule has 9 heteroatoms. The summed E-state index contributed by atoms with van der Waals surface area (Å²) in [6.07, 6.45) is -2.06. The molecule has 0 aromatic carbocycles. The van der Waals surface area contributed by atoms with Crippen molar-refractivity contribution >= 4 is 17.9 Å². The van der Waals surface area contributed by atoms with Crippen LogP contribution < -0.4 is 0 Å². The maximum atomic E-state index is 12.7. The molecule has 1 N–H and O–H groups in total. The molecule has 0 amide bonds. The molecule has 3 heterocycles. The number of carbonyl (C=O) groups is 3. The summed E-state index contributed by atoms with van der Waals surface area (Å²) in [5.41, 5.74) is -0.535. The Balaban J connectivity index is 2.13. The Morgan fingerprint density at radius 3 is 2.56 bits per heavy atom. The zero-order valence-electron chi connectivity index (χ0n) is 19.3. The van der Waals surface area contributed by atoms with Gasteiger partial charge in [0.1, 0.15) is 18.8 Å². The van der Waals surface area contributed by atoms with Gasteiger partial charge in [-0.3, -0.25) is 4.79 Å². The van der Waals surface area contributed by atoms with Crippen LogP contribution in [0.1, 0.15) is 53.9 Å². The number of aliphatic hydroxyl groups is 1. The molecule has 0 aliphatic carbocycles. The molecule has 9 nitrogen and oxygen atoms in total. The van der Waals surface area contributed by atoms with Crippen LogP contribution >= 0.6 is 0 Å². The van der Waals surface area contributed by atoms with E-state index in [9.17, 15) is 19.5 Å². The average Bonchev–Trinajstić information content (AvgIpc) is 3.23. The molecule has 0 aromatic heterocycles. The van der Waals surface area contributed by atoms with Crippen LogP contribution in [0.2, 0.25) is 0 Å². The Bertz CT molecular complexity index is 846. The molecule has 0 spiro atoms. The third-order valence-corrected chi connectivity index (χ3v) is 6.50. The van der Waals surface area contributed by atoms with Crippen LogP contribution in [0, 0.1) is 5.92 Å². The summed E-state index contributed by atoms with van der Waals surface area (Å²) in [5.74, 6) is -3.20. The second-order valence-corrected chi connectivity index (χ2v) is 8.96. The highest BCUT2D eigenvalue weighted by Gasteiger charge is 2.60. The Labute approximate surface area is 187 Å². The second kappa shape index (κ2) is 8.96. The van der Waals surface area contributed by atoms with Crippen LogP contribution in [0.15, 0.2) is 23.3 Å². The molecule has 6 unspecified atom stereocenters. The van der Waals surface area contributed by atoms with Crippen LogP contribution in [-0.4, -0.2) is 65.9 Å². The molecule has 178 valence electrons. The summed E-state index contributed by atoms with van der Waals surface area (Å²) in [7, 11) is 0. The molecule has 0 aromatic rings. The number of carbonyl (C=O) groups excluding carboxylic acids is 3. The van der Waals surface area contributed by atoms with Crippen molar-refractivity contribution in [1.29, 1.82) is 0 Å². The Kier molecular flexibility index (Phi) is 6.83. The van der Waals surface area contributed by atoms with Crippen LogP contribution in [0.4, 0.5) is 0 Å². The lowest BCUT2D eigenvalue weighted by Gasteiger charge is -2.38. The van der Waals surface area contributed by atoms with Gasteiger partial charge in [0.25, 0.3) is 0 Å². The van der Waals surface area contributed by atoms with Gasteiger partial charge < -0.3 is 28.8 Å². The number of esters is 3. The standard InChI is InChI=1S/C23H32O9/c1-7-29-23-9-8-22(6,32-23)19(25)18-17(15(21(27)31-18)11-28-14(5)24)16(10-13(23)4)30-20(26)12(2)3/h13,16,18-19,25H,2,7-11H2,1,3-6H3. The summed E-state index contributed by atoms with van der Waals surface area (Å²) in [6, 6.07) is 0. The van der Waals surface area contributed by atoms with E-state index in [-0.39, 0.29) is 35.7 Å². The summed E-state index contributed by atoms with van der Waals surface area (Å²) in [6.45, 7) is 11.9. The zero-order valence-corrected chi connectivity index (χ0v) is 19.3. The van der Waals surface area contributed by atoms with Crippen molar-refractivity contribution in [3.8, 4) is 0 Å². The topological polar surface area (TPSA) is 118 Å². The fourth-order valence-electron chi connectivity index (χ4n) is 4.72. The summed E-state index contributed by atoms with van der Waals surface area (Å²) < 4.78 is 28.8. The zero-order chi connectivity index (χ0) is 23.8. The van der Waals surface area contributed by atoms with E-state index in [1.54, 1.807) is 6.92 Å². The van der Waals surface area contributed by atoms with Gasteiger partial charge in [0.05, 0.1) is 11.2 Å². The van der Waals surface area contributed by atoms with Crippen LogP contribution in [0.3, 0.4) is 0 Å². The molecule has 2 fully saturated rings. The number of hydrogen-bond acceptors (Lipinski definition) is 9. The van der Waals surface area contributed by atoms with Gasteiger partial charge in [0.15, 0.2) is 11.9 Å². The first kappa shape index (κ1) is 24.4. The quantitative estimate of drug-likeness (QED) is 0.366. The largest absolute Gasteiger partial charge is 0.461 e. The van der Waals surface area contributed by atoms with Crippen molar-refractivity contribution in [2.45, 2.75) is 83.6 Å². The van der Waals surface area contributed by atoms with Crippen LogP contribution in [-0.2, 0) is 38.1 Å². The average molecular weight is 453 g/mol. The van der Waals surface area contributed by atoms with Gasteiger partial charge in [0, 0.05) is 37.0 Å². The smallest absolute Gasteiger partial charge is 0.338 e. The Morgan fingerprint density at radius 1 is 1.28 bits per heavy atom. The summed E-state index contributed by atoms with van der Waals surface area (Å²) >= 11 is 0. The van der Waals surface area contributed by atoms with Crippen molar-refractivity contribution in [3.63, 3.8) is 0 Å². The predicted molar refractivity (Wildman–Crippen MR) is 111 cm³/mol. The molecule has 32 heavy (non-hydrogen) atoms. The SMILES string of the molecule is C=C(C)C(=O)OC1CC(C)C2(OCC)CCC(C)(O2)C(O)C2OC(=O)C(COC(C)=O)=C12. The van der Waals surface area contributed by atoms with Crippen molar-refractivity contribution in [2.24, 2.45) is 5.92 Å². The van der Waals surface area contributed by atoms with Gasteiger partial charge >= 0.3 is 17.9 Å². The van der Waals surface area contributed by atoms with Gasteiger partial charge in [-0.2, -0.15) is 0 Å². The van der Waals surface area contributed by atoms with Gasteiger partial charge in [-0.1, -0.05) is 13.5 Å². The van der Waals surface area contributed by atoms with Crippen molar-refractivity contribution in [3.05, 3.63) is 23.3 Å². The normalized spacial score (nSPS) is 36.5. The molecule has 2 saturated heterocycles. The van der Waals surface area contributed by atoms with E-state index >= 15 is 0 Å². The Hall–Kier alpha value is -2.23. The van der Waals surface area contributed by atoms with E-state index in [2.05, 4.69) is 6.58 Å². The van der Waals surface area contributed by atoms with Gasteiger partial charge in [-0.15, -0.1) is 0 Å². The predicted octanol–water partition coefficient (Wildman–Crippen LogP) is 1.96. The van der Waals surface area contributed by atoms with E-state index in [0.29, 0.717) is 19.4 Å². The molecule has 2 bridgehead atoms.